The van der Waals surface area contributed by atoms with Crippen LogP contribution in [0, 0.1) is 52.3 Å². The predicted molar refractivity (Wildman–Crippen MR) is 115 cm³/mol. The third kappa shape index (κ3) is 3.21. The van der Waals surface area contributed by atoms with E-state index in [1.54, 1.807) is 0 Å². The lowest BCUT2D eigenvalue weighted by Gasteiger charge is -2.62. The highest BCUT2D eigenvalue weighted by molar-refractivity contribution is 5.86. The van der Waals surface area contributed by atoms with Crippen LogP contribution in [-0.4, -0.2) is 16.9 Å². The molecule has 4 saturated carbocycles. The van der Waals surface area contributed by atoms with E-state index < -0.39 is 5.97 Å². The number of hydrogen-bond donors (Lipinski definition) is 1. The summed E-state index contributed by atoms with van der Waals surface area (Å²) < 4.78 is 0. The highest BCUT2D eigenvalue weighted by Gasteiger charge is 2.64. The Kier molecular flexibility index (Phi) is 5.66. The molecule has 0 amide bonds. The summed E-state index contributed by atoms with van der Waals surface area (Å²) in [4.78, 5) is 25.0. The van der Waals surface area contributed by atoms with Crippen molar-refractivity contribution in [1.29, 1.82) is 0 Å². The van der Waals surface area contributed by atoms with E-state index in [0.29, 0.717) is 40.8 Å². The fourth-order valence-corrected chi connectivity index (χ4v) is 9.24. The van der Waals surface area contributed by atoms with Crippen molar-refractivity contribution in [3.8, 4) is 0 Å². The van der Waals surface area contributed by atoms with Crippen LogP contribution in [0.5, 0.6) is 0 Å². The molecule has 164 valence electrons. The summed E-state index contributed by atoms with van der Waals surface area (Å²) >= 11 is 0. The first-order chi connectivity index (χ1) is 13.7. The second-order valence-corrected chi connectivity index (χ2v) is 11.7. The maximum atomic E-state index is 13.9. The van der Waals surface area contributed by atoms with Gasteiger partial charge in [-0.15, -0.1) is 0 Å². The van der Waals surface area contributed by atoms with Crippen molar-refractivity contribution in [2.75, 3.05) is 0 Å². The van der Waals surface area contributed by atoms with E-state index in [9.17, 15) is 9.59 Å². The number of carbonyl (C=O) groups excluding carboxylic acids is 1. The van der Waals surface area contributed by atoms with E-state index in [1.807, 2.05) is 0 Å². The molecular formula is C26H42O3. The van der Waals surface area contributed by atoms with E-state index in [2.05, 4.69) is 27.7 Å². The molecule has 29 heavy (non-hydrogen) atoms. The van der Waals surface area contributed by atoms with Crippen LogP contribution in [0.3, 0.4) is 0 Å². The minimum absolute atomic E-state index is 0.227. The number of ketones is 1. The van der Waals surface area contributed by atoms with Gasteiger partial charge in [0.2, 0.25) is 0 Å². The van der Waals surface area contributed by atoms with Gasteiger partial charge in [-0.1, -0.05) is 40.5 Å². The van der Waals surface area contributed by atoms with Crippen LogP contribution >= 0.6 is 0 Å². The summed E-state index contributed by atoms with van der Waals surface area (Å²) in [6.07, 6.45) is 12.2. The Morgan fingerprint density at radius 3 is 2.45 bits per heavy atom. The van der Waals surface area contributed by atoms with E-state index in [0.717, 1.165) is 12.8 Å². The summed E-state index contributed by atoms with van der Waals surface area (Å²) in [7, 11) is 0. The van der Waals surface area contributed by atoms with Crippen molar-refractivity contribution in [2.24, 2.45) is 52.3 Å². The van der Waals surface area contributed by atoms with Gasteiger partial charge in [-0.05, 0) is 91.8 Å². The molecule has 3 heteroatoms. The molecule has 0 aliphatic heterocycles. The van der Waals surface area contributed by atoms with Crippen LogP contribution in [0.4, 0.5) is 0 Å². The maximum absolute atomic E-state index is 13.9. The molecule has 0 spiro atoms. The van der Waals surface area contributed by atoms with Crippen LogP contribution in [0.2, 0.25) is 0 Å². The molecule has 0 aromatic carbocycles. The second kappa shape index (κ2) is 7.68. The second-order valence-electron chi connectivity index (χ2n) is 11.7. The SMILES string of the molecule is CC[C@@H]1C(=O)C2C(CC[C@@]3(C)C2CC[C@@H]3[C@H](C)CCC(=O)O)[C@@]2(C)CCCCC12. The molecule has 0 saturated heterocycles. The number of hydrogen-bond acceptors (Lipinski definition) is 2. The van der Waals surface area contributed by atoms with Crippen molar-refractivity contribution < 1.29 is 14.7 Å². The van der Waals surface area contributed by atoms with Crippen LogP contribution < -0.4 is 0 Å². The fourth-order valence-electron chi connectivity index (χ4n) is 9.24. The monoisotopic (exact) mass is 402 g/mol. The largest absolute Gasteiger partial charge is 0.481 e. The molecule has 9 atom stereocenters. The van der Waals surface area contributed by atoms with Gasteiger partial charge in [-0.25, -0.2) is 0 Å². The quantitative estimate of drug-likeness (QED) is 0.583. The van der Waals surface area contributed by atoms with Crippen molar-refractivity contribution >= 4 is 11.8 Å². The van der Waals surface area contributed by atoms with E-state index >= 15 is 0 Å². The molecule has 0 aromatic rings. The summed E-state index contributed by atoms with van der Waals surface area (Å²) in [6.45, 7) is 9.52. The Morgan fingerprint density at radius 2 is 1.76 bits per heavy atom. The Labute approximate surface area is 177 Å². The van der Waals surface area contributed by atoms with Gasteiger partial charge in [0.15, 0.2) is 0 Å². The number of carboxylic acid groups (broad SMARTS) is 1. The molecule has 0 aromatic heterocycles. The number of carboxylic acids is 1. The Bertz CT molecular complexity index is 656. The van der Waals surface area contributed by atoms with Crippen LogP contribution in [0.1, 0.15) is 98.3 Å². The highest BCUT2D eigenvalue weighted by atomic mass is 16.4. The minimum atomic E-state index is -0.676. The van der Waals surface area contributed by atoms with E-state index in [1.165, 1.54) is 51.4 Å². The Balaban J connectivity index is 1.62. The summed E-state index contributed by atoms with van der Waals surface area (Å²) in [5.41, 5.74) is 0.594. The Hall–Kier alpha value is -0.860. The topological polar surface area (TPSA) is 54.4 Å². The zero-order valence-corrected chi connectivity index (χ0v) is 19.1. The lowest BCUT2D eigenvalue weighted by molar-refractivity contribution is -0.168. The minimum Gasteiger partial charge on any atom is -0.481 e. The third-order valence-electron chi connectivity index (χ3n) is 10.6. The van der Waals surface area contributed by atoms with Crippen LogP contribution in [-0.2, 0) is 9.59 Å². The summed E-state index contributed by atoms with van der Waals surface area (Å²) in [5, 5.41) is 9.14. The number of fused-ring (bicyclic) bond motifs is 5. The van der Waals surface area contributed by atoms with Gasteiger partial charge < -0.3 is 5.11 Å². The van der Waals surface area contributed by atoms with E-state index in [4.69, 9.17) is 5.11 Å². The van der Waals surface area contributed by atoms with Gasteiger partial charge in [0.25, 0.3) is 0 Å². The molecule has 0 heterocycles. The van der Waals surface area contributed by atoms with Crippen molar-refractivity contribution in [2.45, 2.75) is 98.3 Å². The first kappa shape index (κ1) is 21.4. The summed E-state index contributed by atoms with van der Waals surface area (Å²) in [6, 6.07) is 0. The number of Topliss-reactive ketones (excluding diaryl/α,β-unsaturated/α-hetero) is 1. The van der Waals surface area contributed by atoms with Gasteiger partial charge in [0.1, 0.15) is 5.78 Å². The molecule has 4 fully saturated rings. The van der Waals surface area contributed by atoms with Crippen molar-refractivity contribution in [3.63, 3.8) is 0 Å². The molecule has 1 N–H and O–H groups in total. The maximum Gasteiger partial charge on any atom is 0.303 e. The molecule has 4 rings (SSSR count). The number of carbonyl (C=O) groups is 2. The third-order valence-corrected chi connectivity index (χ3v) is 10.6. The van der Waals surface area contributed by atoms with Gasteiger partial charge in [0, 0.05) is 18.3 Å². The first-order valence-electron chi connectivity index (χ1n) is 12.5. The molecule has 4 aliphatic rings. The normalized spacial score (nSPS) is 47.8. The zero-order chi connectivity index (χ0) is 21.0. The lowest BCUT2D eigenvalue weighted by Crippen LogP contribution is -2.59. The van der Waals surface area contributed by atoms with Gasteiger partial charge in [-0.2, -0.15) is 0 Å². The molecule has 4 aliphatic carbocycles. The number of aliphatic carboxylic acids is 1. The zero-order valence-electron chi connectivity index (χ0n) is 19.1. The smallest absolute Gasteiger partial charge is 0.303 e. The predicted octanol–water partition coefficient (Wildman–Crippen LogP) is 6.35. The van der Waals surface area contributed by atoms with Gasteiger partial charge in [0.05, 0.1) is 0 Å². The molecular weight excluding hydrogens is 360 g/mol. The summed E-state index contributed by atoms with van der Waals surface area (Å²) in [5.74, 6) is 3.26. The molecule has 3 nitrogen and oxygen atoms in total. The lowest BCUT2D eigenvalue weighted by atomic mass is 9.42. The van der Waals surface area contributed by atoms with Gasteiger partial charge >= 0.3 is 5.97 Å². The average Bonchev–Trinajstić information content (AvgIpc) is 3.04. The molecule has 4 unspecified atom stereocenters. The van der Waals surface area contributed by atoms with Crippen LogP contribution in [0.25, 0.3) is 0 Å². The number of rotatable bonds is 5. The Morgan fingerprint density at radius 1 is 1.03 bits per heavy atom. The fraction of sp³-hybridized carbons (Fsp3) is 0.923. The van der Waals surface area contributed by atoms with E-state index in [-0.39, 0.29) is 23.7 Å². The molecule has 0 radical (unpaired) electrons. The standard InChI is InChI=1S/C26H42O3/c1-5-17-19-8-6-7-14-25(19,3)21-13-15-26(4)18(16(2)9-12-22(27)28)10-11-20(26)23(21)24(17)29/h16-21,23H,5-15H2,1-4H3,(H,27,28)/t16-,17+,18-,19?,20?,21?,23?,25+,26-/m1/s1. The van der Waals surface area contributed by atoms with Crippen LogP contribution in [0.15, 0.2) is 0 Å². The highest BCUT2D eigenvalue weighted by Crippen LogP contribution is 2.68. The first-order valence-corrected chi connectivity index (χ1v) is 12.5. The average molecular weight is 403 g/mol. The molecule has 0 bridgehead atoms. The van der Waals surface area contributed by atoms with Crippen molar-refractivity contribution in [3.05, 3.63) is 0 Å². The van der Waals surface area contributed by atoms with Crippen molar-refractivity contribution in [1.82, 2.24) is 0 Å². The van der Waals surface area contributed by atoms with Gasteiger partial charge in [-0.3, -0.25) is 9.59 Å².